The Morgan fingerprint density at radius 2 is 2.10 bits per heavy atom. The first-order valence-electron chi connectivity index (χ1n) is 6.01. The molecule has 0 unspecified atom stereocenters. The fourth-order valence-electron chi connectivity index (χ4n) is 1.69. The van der Waals surface area contributed by atoms with Crippen molar-refractivity contribution in [3.63, 3.8) is 0 Å². The topological polar surface area (TPSA) is 88.0 Å². The number of rotatable bonds is 4. The summed E-state index contributed by atoms with van der Waals surface area (Å²) in [6, 6.07) is 11.3. The first kappa shape index (κ1) is 13.8. The zero-order valence-electron chi connectivity index (χ0n) is 10.7. The third-order valence-electron chi connectivity index (χ3n) is 2.56. The molecule has 1 amide bonds. The molecule has 0 fully saturated rings. The number of amides is 1. The van der Waals surface area contributed by atoms with Gasteiger partial charge in [0.1, 0.15) is 10.0 Å². The van der Waals surface area contributed by atoms with Gasteiger partial charge in [0.15, 0.2) is 5.82 Å². The summed E-state index contributed by atoms with van der Waals surface area (Å²) in [7, 11) is 0. The highest BCUT2D eigenvalue weighted by molar-refractivity contribution is 7.98. The number of thioether (sulfide) groups is 1. The van der Waals surface area contributed by atoms with Crippen molar-refractivity contribution in [3.05, 3.63) is 41.4 Å². The Balaban J connectivity index is 1.65. The number of anilines is 1. The van der Waals surface area contributed by atoms with Gasteiger partial charge in [-0.25, -0.2) is 9.78 Å². The number of nitrogens with one attached hydrogen (secondary N) is 1. The van der Waals surface area contributed by atoms with Crippen LogP contribution in [0.5, 0.6) is 0 Å². The average Bonchev–Trinajstić information content (AvgIpc) is 2.89. The van der Waals surface area contributed by atoms with Crippen LogP contribution in [-0.4, -0.2) is 26.4 Å². The van der Waals surface area contributed by atoms with Crippen molar-refractivity contribution in [2.24, 2.45) is 0 Å². The number of para-hydroxylation sites is 1. The van der Waals surface area contributed by atoms with E-state index in [-0.39, 0.29) is 5.82 Å². The molecule has 21 heavy (non-hydrogen) atoms. The van der Waals surface area contributed by atoms with E-state index in [0.29, 0.717) is 5.75 Å². The van der Waals surface area contributed by atoms with Crippen molar-refractivity contribution in [1.82, 2.24) is 15.2 Å². The Bertz CT molecular complexity index is 740. The molecule has 3 aromatic rings. The Morgan fingerprint density at radius 3 is 2.81 bits per heavy atom. The van der Waals surface area contributed by atoms with Crippen molar-refractivity contribution >= 4 is 45.2 Å². The van der Waals surface area contributed by atoms with Gasteiger partial charge in [0.25, 0.3) is 0 Å². The number of carbonyl (C=O) groups is 1. The Labute approximate surface area is 128 Å². The van der Waals surface area contributed by atoms with E-state index >= 15 is 0 Å². The molecule has 0 spiro atoms. The fourth-order valence-corrected chi connectivity index (χ4v) is 3.46. The van der Waals surface area contributed by atoms with Gasteiger partial charge in [-0.3, -0.25) is 5.32 Å². The normalized spacial score (nSPS) is 10.7. The molecule has 6 nitrogen and oxygen atoms in total. The second-order valence-electron chi connectivity index (χ2n) is 4.05. The van der Waals surface area contributed by atoms with E-state index in [9.17, 15) is 4.79 Å². The average molecular weight is 318 g/mol. The lowest BCUT2D eigenvalue weighted by molar-refractivity contribution is 0.209. The third-order valence-corrected chi connectivity index (χ3v) is 4.71. The molecule has 0 aliphatic rings. The van der Waals surface area contributed by atoms with Crippen molar-refractivity contribution in [2.45, 2.75) is 10.8 Å². The molecule has 1 aromatic carbocycles. The van der Waals surface area contributed by atoms with E-state index in [2.05, 4.69) is 20.5 Å². The molecule has 0 radical (unpaired) electrons. The van der Waals surface area contributed by atoms with E-state index < -0.39 is 6.09 Å². The van der Waals surface area contributed by atoms with Crippen LogP contribution in [-0.2, 0) is 5.75 Å². The van der Waals surface area contributed by atoms with Gasteiger partial charge in [0.05, 0.1) is 16.0 Å². The second kappa shape index (κ2) is 6.06. The number of fused-ring (bicyclic) bond motifs is 1. The Morgan fingerprint density at radius 1 is 1.24 bits per heavy atom. The highest BCUT2D eigenvalue weighted by Gasteiger charge is 2.06. The molecule has 0 saturated carbocycles. The lowest BCUT2D eigenvalue weighted by atomic mass is 10.3. The van der Waals surface area contributed by atoms with Gasteiger partial charge in [0.2, 0.25) is 0 Å². The summed E-state index contributed by atoms with van der Waals surface area (Å²) < 4.78 is 1.17. The quantitative estimate of drug-likeness (QED) is 0.716. The molecule has 2 aromatic heterocycles. The SMILES string of the molecule is O=C(O)Nc1ccc(SCc2nc3ccccc3s2)nn1. The first-order chi connectivity index (χ1) is 10.2. The molecular formula is C13H10N4O2S2. The number of nitrogens with zero attached hydrogens (tertiary/aromatic N) is 3. The minimum absolute atomic E-state index is 0.215. The van der Waals surface area contributed by atoms with Crippen LogP contribution in [0.25, 0.3) is 10.2 Å². The van der Waals surface area contributed by atoms with E-state index in [1.165, 1.54) is 16.5 Å². The predicted molar refractivity (Wildman–Crippen MR) is 82.9 cm³/mol. The van der Waals surface area contributed by atoms with Gasteiger partial charge in [-0.05, 0) is 24.3 Å². The number of benzene rings is 1. The molecule has 3 rings (SSSR count). The summed E-state index contributed by atoms with van der Waals surface area (Å²) in [5.41, 5.74) is 1.00. The van der Waals surface area contributed by atoms with Gasteiger partial charge >= 0.3 is 6.09 Å². The predicted octanol–water partition coefficient (Wildman–Crippen LogP) is 3.47. The lowest BCUT2D eigenvalue weighted by Gasteiger charge is -2.00. The maximum Gasteiger partial charge on any atom is 0.410 e. The third kappa shape index (κ3) is 3.47. The van der Waals surface area contributed by atoms with Gasteiger partial charge in [0, 0.05) is 0 Å². The van der Waals surface area contributed by atoms with Gasteiger partial charge in [-0.2, -0.15) is 0 Å². The van der Waals surface area contributed by atoms with Gasteiger partial charge in [-0.15, -0.1) is 21.5 Å². The molecule has 0 aliphatic heterocycles. The van der Waals surface area contributed by atoms with Gasteiger partial charge in [-0.1, -0.05) is 23.9 Å². The molecule has 0 saturated heterocycles. The number of thiazole rings is 1. The van der Waals surface area contributed by atoms with Crippen LogP contribution in [0.2, 0.25) is 0 Å². The van der Waals surface area contributed by atoms with Crippen molar-refractivity contribution in [3.8, 4) is 0 Å². The zero-order valence-corrected chi connectivity index (χ0v) is 12.3. The maximum absolute atomic E-state index is 10.5. The van der Waals surface area contributed by atoms with Crippen molar-refractivity contribution in [2.75, 3.05) is 5.32 Å². The molecule has 0 bridgehead atoms. The van der Waals surface area contributed by atoms with Crippen LogP contribution >= 0.6 is 23.1 Å². The monoisotopic (exact) mass is 318 g/mol. The van der Waals surface area contributed by atoms with Crippen LogP contribution in [0.15, 0.2) is 41.4 Å². The summed E-state index contributed by atoms with van der Waals surface area (Å²) in [6.07, 6.45) is -1.15. The summed E-state index contributed by atoms with van der Waals surface area (Å²) in [5.74, 6) is 0.923. The Kier molecular flexibility index (Phi) is 3.98. The van der Waals surface area contributed by atoms with Crippen LogP contribution < -0.4 is 5.32 Å². The molecule has 106 valence electrons. The van der Waals surface area contributed by atoms with Crippen LogP contribution in [0.4, 0.5) is 10.6 Å². The van der Waals surface area contributed by atoms with E-state index in [1.54, 1.807) is 23.5 Å². The molecular weight excluding hydrogens is 308 g/mol. The maximum atomic E-state index is 10.5. The highest BCUT2D eigenvalue weighted by Crippen LogP contribution is 2.27. The summed E-state index contributed by atoms with van der Waals surface area (Å²) in [4.78, 5) is 15.0. The van der Waals surface area contributed by atoms with E-state index in [4.69, 9.17) is 5.11 Å². The minimum atomic E-state index is -1.15. The lowest BCUT2D eigenvalue weighted by Crippen LogP contribution is -2.09. The Hall–Kier alpha value is -2.19. The number of aromatic nitrogens is 3. The number of carboxylic acid groups (broad SMARTS) is 1. The van der Waals surface area contributed by atoms with E-state index in [1.807, 2.05) is 24.3 Å². The smallest absolute Gasteiger partial charge is 0.410 e. The summed E-state index contributed by atoms with van der Waals surface area (Å²) in [6.45, 7) is 0. The summed E-state index contributed by atoms with van der Waals surface area (Å²) in [5, 5.41) is 20.2. The fraction of sp³-hybridized carbons (Fsp3) is 0.0769. The largest absolute Gasteiger partial charge is 0.465 e. The van der Waals surface area contributed by atoms with Crippen molar-refractivity contribution < 1.29 is 9.90 Å². The summed E-state index contributed by atoms with van der Waals surface area (Å²) >= 11 is 3.17. The van der Waals surface area contributed by atoms with Gasteiger partial charge < -0.3 is 5.11 Å². The highest BCUT2D eigenvalue weighted by atomic mass is 32.2. The standard InChI is InChI=1S/C13H10N4O2S2/c18-13(19)15-10-5-6-11(17-16-10)20-7-12-14-8-3-1-2-4-9(8)21-12/h1-6H,7H2,(H,15,16)(H,18,19). The van der Waals surface area contributed by atoms with Crippen LogP contribution in [0.3, 0.4) is 0 Å². The van der Waals surface area contributed by atoms with E-state index in [0.717, 1.165) is 15.6 Å². The number of hydrogen-bond acceptors (Lipinski definition) is 6. The van der Waals surface area contributed by atoms with Crippen molar-refractivity contribution in [1.29, 1.82) is 0 Å². The second-order valence-corrected chi connectivity index (χ2v) is 6.16. The zero-order chi connectivity index (χ0) is 14.7. The number of hydrogen-bond donors (Lipinski definition) is 2. The molecule has 0 aliphatic carbocycles. The minimum Gasteiger partial charge on any atom is -0.465 e. The molecule has 2 heterocycles. The molecule has 0 atom stereocenters. The molecule has 8 heteroatoms. The first-order valence-corrected chi connectivity index (χ1v) is 7.82. The molecule has 2 N–H and O–H groups in total. The van der Waals surface area contributed by atoms with Crippen LogP contribution in [0, 0.1) is 0 Å². The van der Waals surface area contributed by atoms with Crippen LogP contribution in [0.1, 0.15) is 5.01 Å².